The number of nitrogens with zero attached hydrogens (tertiary/aromatic N) is 1. The molecule has 0 saturated carbocycles. The number of methoxy groups -OCH3 is 2. The number of anilines is 1. The van der Waals surface area contributed by atoms with Crippen LogP contribution in [0.25, 0.3) is 0 Å². The van der Waals surface area contributed by atoms with Crippen molar-refractivity contribution in [2.75, 3.05) is 26.3 Å². The fourth-order valence-corrected chi connectivity index (χ4v) is 3.08. The van der Waals surface area contributed by atoms with Crippen LogP contribution < -0.4 is 24.3 Å². The minimum Gasteiger partial charge on any atom is -0.493 e. The Bertz CT molecular complexity index is 786. The van der Waals surface area contributed by atoms with Crippen LogP contribution in [0.2, 0.25) is 0 Å². The average Bonchev–Trinajstić information content (AvgIpc) is 3.21. The van der Waals surface area contributed by atoms with Crippen molar-refractivity contribution in [1.82, 2.24) is 10.2 Å². The number of aromatic amines is 1. The van der Waals surface area contributed by atoms with Gasteiger partial charge in [-0.3, -0.25) is 9.89 Å². The fraction of sp³-hybridized carbons (Fsp3) is 0.333. The molecule has 2 aliphatic heterocycles. The summed E-state index contributed by atoms with van der Waals surface area (Å²) in [6, 6.07) is 1.83. The number of carbonyl (C=O) groups is 1. The van der Waals surface area contributed by atoms with Crippen molar-refractivity contribution in [2.45, 2.75) is 12.3 Å². The molecule has 2 N–H and O–H groups in total. The Kier molecular flexibility index (Phi) is 3.03. The van der Waals surface area contributed by atoms with Crippen molar-refractivity contribution in [3.05, 3.63) is 23.4 Å². The Hall–Kier alpha value is -2.90. The second kappa shape index (κ2) is 5.08. The first-order chi connectivity index (χ1) is 11.2. The SMILES string of the molecule is COc1cc([C@H]2CC(=O)Nc3[nH]ncc32)c(OC)c2c1OCO2. The number of fused-ring (bicyclic) bond motifs is 2. The highest BCUT2D eigenvalue weighted by molar-refractivity contribution is 5.94. The molecular formula is C15H15N3O5. The number of H-pyrrole nitrogens is 1. The average molecular weight is 317 g/mol. The molecule has 1 amide bonds. The Labute approximate surface area is 131 Å². The summed E-state index contributed by atoms with van der Waals surface area (Å²) < 4.78 is 21.9. The lowest BCUT2D eigenvalue weighted by atomic mass is 9.86. The van der Waals surface area contributed by atoms with Crippen molar-refractivity contribution in [3.8, 4) is 23.0 Å². The van der Waals surface area contributed by atoms with Crippen molar-refractivity contribution in [1.29, 1.82) is 0 Å². The topological polar surface area (TPSA) is 94.7 Å². The zero-order valence-electron chi connectivity index (χ0n) is 12.6. The van der Waals surface area contributed by atoms with Crippen molar-refractivity contribution >= 4 is 11.7 Å². The van der Waals surface area contributed by atoms with Gasteiger partial charge in [0.15, 0.2) is 11.5 Å². The maximum Gasteiger partial charge on any atom is 0.231 e. The van der Waals surface area contributed by atoms with Gasteiger partial charge < -0.3 is 24.3 Å². The van der Waals surface area contributed by atoms with Crippen LogP contribution in [0.4, 0.5) is 5.82 Å². The van der Waals surface area contributed by atoms with Crippen molar-refractivity contribution in [2.24, 2.45) is 0 Å². The van der Waals surface area contributed by atoms with E-state index in [1.54, 1.807) is 20.4 Å². The van der Waals surface area contributed by atoms with Crippen LogP contribution in [0.15, 0.2) is 12.3 Å². The predicted molar refractivity (Wildman–Crippen MR) is 79.3 cm³/mol. The number of carbonyl (C=O) groups excluding carboxylic acids is 1. The largest absolute Gasteiger partial charge is 0.493 e. The zero-order chi connectivity index (χ0) is 16.0. The van der Waals surface area contributed by atoms with Crippen molar-refractivity contribution in [3.63, 3.8) is 0 Å². The normalized spacial score (nSPS) is 18.3. The van der Waals surface area contributed by atoms with Crippen LogP contribution in [-0.4, -0.2) is 37.1 Å². The number of aromatic nitrogens is 2. The van der Waals surface area contributed by atoms with Gasteiger partial charge in [-0.2, -0.15) is 5.10 Å². The minimum absolute atomic E-state index is 0.0922. The van der Waals surface area contributed by atoms with Gasteiger partial charge in [0, 0.05) is 23.5 Å². The molecule has 3 heterocycles. The maximum absolute atomic E-state index is 12.0. The molecule has 0 radical (unpaired) electrons. The third-order valence-corrected chi connectivity index (χ3v) is 4.09. The van der Waals surface area contributed by atoms with Gasteiger partial charge in [0.2, 0.25) is 24.2 Å². The van der Waals surface area contributed by atoms with Crippen LogP contribution in [0.5, 0.6) is 23.0 Å². The Morgan fingerprint density at radius 3 is 2.83 bits per heavy atom. The smallest absolute Gasteiger partial charge is 0.231 e. The standard InChI is InChI=1S/C15H15N3O5/c1-20-10-3-8(12(21-2)14-13(10)22-6-23-14)7-4-11(19)17-15-9(7)5-16-18-15/h3,5,7H,4,6H2,1-2H3,(H2,16,17,18,19)/t7-/m1/s1. The number of amides is 1. The monoisotopic (exact) mass is 317 g/mol. The molecule has 1 atom stereocenters. The summed E-state index contributed by atoms with van der Waals surface area (Å²) in [6.07, 6.45) is 1.99. The van der Waals surface area contributed by atoms with Crippen LogP contribution in [-0.2, 0) is 4.79 Å². The molecule has 2 aromatic rings. The van der Waals surface area contributed by atoms with E-state index in [0.29, 0.717) is 28.8 Å². The maximum atomic E-state index is 12.0. The summed E-state index contributed by atoms with van der Waals surface area (Å²) in [5.41, 5.74) is 1.69. The summed E-state index contributed by atoms with van der Waals surface area (Å²) in [4.78, 5) is 12.0. The van der Waals surface area contributed by atoms with Crippen LogP contribution in [0, 0.1) is 0 Å². The third kappa shape index (κ3) is 1.98. The van der Waals surface area contributed by atoms with Crippen molar-refractivity contribution < 1.29 is 23.7 Å². The van der Waals surface area contributed by atoms with E-state index in [9.17, 15) is 4.79 Å². The second-order valence-electron chi connectivity index (χ2n) is 5.27. The number of hydrogen-bond donors (Lipinski definition) is 2. The Morgan fingerprint density at radius 2 is 2.04 bits per heavy atom. The molecule has 1 aromatic heterocycles. The number of hydrogen-bond acceptors (Lipinski definition) is 6. The molecule has 0 fully saturated rings. The third-order valence-electron chi connectivity index (χ3n) is 4.09. The molecule has 1 aromatic carbocycles. The highest BCUT2D eigenvalue weighted by Crippen LogP contribution is 2.53. The van der Waals surface area contributed by atoms with E-state index in [0.717, 1.165) is 11.1 Å². The molecule has 8 heteroatoms. The van der Waals surface area contributed by atoms with Gasteiger partial charge in [-0.1, -0.05) is 0 Å². The van der Waals surface area contributed by atoms with E-state index in [1.807, 2.05) is 6.07 Å². The molecule has 0 bridgehead atoms. The Balaban J connectivity index is 1.91. The molecule has 0 aliphatic carbocycles. The van der Waals surface area contributed by atoms with E-state index < -0.39 is 0 Å². The van der Waals surface area contributed by atoms with E-state index in [4.69, 9.17) is 18.9 Å². The molecular weight excluding hydrogens is 302 g/mol. The molecule has 0 spiro atoms. The minimum atomic E-state index is -0.212. The fourth-order valence-electron chi connectivity index (χ4n) is 3.08. The van der Waals surface area contributed by atoms with Gasteiger partial charge in [0.1, 0.15) is 5.82 Å². The predicted octanol–water partition coefficient (Wildman–Crippen LogP) is 1.63. The summed E-state index contributed by atoms with van der Waals surface area (Å²) in [6.45, 7) is 0.105. The molecule has 120 valence electrons. The highest BCUT2D eigenvalue weighted by atomic mass is 16.7. The first-order valence-corrected chi connectivity index (χ1v) is 7.10. The molecule has 2 aliphatic rings. The summed E-state index contributed by atoms with van der Waals surface area (Å²) >= 11 is 0. The lowest BCUT2D eigenvalue weighted by Gasteiger charge is -2.24. The summed E-state index contributed by atoms with van der Waals surface area (Å²) in [5, 5.41) is 9.59. The van der Waals surface area contributed by atoms with Gasteiger partial charge in [-0.05, 0) is 6.07 Å². The molecule has 8 nitrogen and oxygen atoms in total. The number of benzene rings is 1. The van der Waals surface area contributed by atoms with E-state index in [1.165, 1.54) is 0 Å². The molecule has 4 rings (SSSR count). The van der Waals surface area contributed by atoms with Gasteiger partial charge in [-0.25, -0.2) is 0 Å². The first kappa shape index (κ1) is 13.7. The number of rotatable bonds is 3. The number of nitrogens with one attached hydrogen (secondary N) is 2. The van der Waals surface area contributed by atoms with Gasteiger partial charge in [-0.15, -0.1) is 0 Å². The quantitative estimate of drug-likeness (QED) is 0.893. The van der Waals surface area contributed by atoms with Gasteiger partial charge in [0.05, 0.1) is 20.4 Å². The zero-order valence-corrected chi connectivity index (χ0v) is 12.6. The molecule has 23 heavy (non-hydrogen) atoms. The van der Waals surface area contributed by atoms with Crippen LogP contribution in [0.1, 0.15) is 23.5 Å². The van der Waals surface area contributed by atoms with E-state index in [-0.39, 0.29) is 25.0 Å². The van der Waals surface area contributed by atoms with Gasteiger partial charge >= 0.3 is 0 Å². The van der Waals surface area contributed by atoms with Gasteiger partial charge in [0.25, 0.3) is 0 Å². The summed E-state index contributed by atoms with van der Waals surface area (Å²) in [5.74, 6) is 2.40. The highest BCUT2D eigenvalue weighted by Gasteiger charge is 2.35. The molecule has 0 saturated heterocycles. The molecule has 0 unspecified atom stereocenters. The van der Waals surface area contributed by atoms with E-state index in [2.05, 4.69) is 15.5 Å². The Morgan fingerprint density at radius 1 is 1.22 bits per heavy atom. The lowest BCUT2D eigenvalue weighted by molar-refractivity contribution is -0.116. The number of ether oxygens (including phenoxy) is 4. The van der Waals surface area contributed by atoms with Crippen LogP contribution in [0.3, 0.4) is 0 Å². The first-order valence-electron chi connectivity index (χ1n) is 7.10. The van der Waals surface area contributed by atoms with Crippen LogP contribution >= 0.6 is 0 Å². The van der Waals surface area contributed by atoms with E-state index >= 15 is 0 Å². The lowest BCUT2D eigenvalue weighted by Crippen LogP contribution is -2.23. The summed E-state index contributed by atoms with van der Waals surface area (Å²) in [7, 11) is 3.12. The second-order valence-corrected chi connectivity index (χ2v) is 5.27.